The van der Waals surface area contributed by atoms with Crippen LogP contribution in [0.1, 0.15) is 18.4 Å². The Hall–Kier alpha value is -2.82. The molecule has 108 valence electrons. The van der Waals surface area contributed by atoms with Crippen LogP contribution in [0.4, 0.5) is 10.5 Å². The predicted octanol–water partition coefficient (Wildman–Crippen LogP) is 2.89. The molecular formula is C16H16N2O3. The molecule has 2 amide bonds. The van der Waals surface area contributed by atoms with Crippen molar-refractivity contribution in [2.45, 2.75) is 12.8 Å². The van der Waals surface area contributed by atoms with Crippen LogP contribution in [-0.2, 0) is 4.79 Å². The number of amides is 2. The van der Waals surface area contributed by atoms with Crippen LogP contribution >= 0.6 is 0 Å². The number of primary amides is 1. The van der Waals surface area contributed by atoms with Gasteiger partial charge < -0.3 is 10.5 Å². The summed E-state index contributed by atoms with van der Waals surface area (Å²) in [5.41, 5.74) is 6.62. The summed E-state index contributed by atoms with van der Waals surface area (Å²) in [6, 6.07) is 15.7. The third-order valence-corrected chi connectivity index (χ3v) is 3.04. The van der Waals surface area contributed by atoms with Gasteiger partial charge in [-0.1, -0.05) is 30.3 Å². The molecule has 0 bridgehead atoms. The molecule has 5 heteroatoms. The van der Waals surface area contributed by atoms with Crippen molar-refractivity contribution >= 4 is 17.7 Å². The minimum atomic E-state index is -0.572. The van der Waals surface area contributed by atoms with Crippen LogP contribution in [0.15, 0.2) is 54.6 Å². The van der Waals surface area contributed by atoms with Gasteiger partial charge in [0.05, 0.1) is 5.92 Å². The first-order valence-electron chi connectivity index (χ1n) is 6.49. The van der Waals surface area contributed by atoms with Gasteiger partial charge in [-0.15, -0.1) is 0 Å². The number of rotatable bonds is 4. The van der Waals surface area contributed by atoms with Crippen molar-refractivity contribution in [1.29, 1.82) is 0 Å². The van der Waals surface area contributed by atoms with E-state index in [-0.39, 0.29) is 11.8 Å². The number of hydrogen-bond donors (Lipinski definition) is 2. The minimum Gasteiger partial charge on any atom is -0.410 e. The second kappa shape index (κ2) is 6.56. The van der Waals surface area contributed by atoms with E-state index in [4.69, 9.17) is 10.5 Å². The Morgan fingerprint density at radius 2 is 1.67 bits per heavy atom. The molecular weight excluding hydrogens is 268 g/mol. The second-order valence-corrected chi connectivity index (χ2v) is 4.57. The van der Waals surface area contributed by atoms with Crippen molar-refractivity contribution in [2.75, 3.05) is 5.32 Å². The number of anilines is 1. The fraction of sp³-hybridized carbons (Fsp3) is 0.125. The Morgan fingerprint density at radius 3 is 2.24 bits per heavy atom. The molecule has 0 aromatic heterocycles. The van der Waals surface area contributed by atoms with E-state index in [1.54, 1.807) is 55.5 Å². The first-order valence-corrected chi connectivity index (χ1v) is 6.49. The lowest BCUT2D eigenvalue weighted by Gasteiger charge is -2.10. The third-order valence-electron chi connectivity index (χ3n) is 3.04. The largest absolute Gasteiger partial charge is 0.417 e. The highest BCUT2D eigenvalue weighted by Crippen LogP contribution is 2.18. The molecule has 2 aromatic carbocycles. The Labute approximate surface area is 122 Å². The SMILES string of the molecule is CC(C(N)=O)c1ccc(NC(=O)Oc2ccccc2)cc1. The van der Waals surface area contributed by atoms with E-state index in [1.807, 2.05) is 6.07 Å². The lowest BCUT2D eigenvalue weighted by molar-refractivity contribution is -0.119. The second-order valence-electron chi connectivity index (χ2n) is 4.57. The topological polar surface area (TPSA) is 81.4 Å². The van der Waals surface area contributed by atoms with Crippen molar-refractivity contribution in [1.82, 2.24) is 0 Å². The van der Waals surface area contributed by atoms with E-state index in [0.717, 1.165) is 5.56 Å². The number of benzene rings is 2. The molecule has 0 aliphatic heterocycles. The van der Waals surface area contributed by atoms with Crippen molar-refractivity contribution in [3.8, 4) is 5.75 Å². The molecule has 0 saturated heterocycles. The zero-order valence-electron chi connectivity index (χ0n) is 11.6. The van der Waals surface area contributed by atoms with Gasteiger partial charge >= 0.3 is 6.09 Å². The lowest BCUT2D eigenvalue weighted by Crippen LogP contribution is -2.19. The summed E-state index contributed by atoms with van der Waals surface area (Å²) in [4.78, 5) is 22.8. The third kappa shape index (κ3) is 4.07. The average Bonchev–Trinajstić information content (AvgIpc) is 2.48. The van der Waals surface area contributed by atoms with Crippen LogP contribution in [0.5, 0.6) is 5.75 Å². The van der Waals surface area contributed by atoms with Crippen molar-refractivity contribution in [2.24, 2.45) is 5.73 Å². The molecule has 5 nitrogen and oxygen atoms in total. The minimum absolute atomic E-state index is 0.365. The summed E-state index contributed by atoms with van der Waals surface area (Å²) in [5.74, 6) is -0.288. The number of carbonyl (C=O) groups excluding carboxylic acids is 2. The van der Waals surface area contributed by atoms with E-state index < -0.39 is 6.09 Å². The summed E-state index contributed by atoms with van der Waals surface area (Å²) in [5, 5.41) is 2.61. The van der Waals surface area contributed by atoms with Crippen molar-refractivity contribution in [3.63, 3.8) is 0 Å². The molecule has 0 spiro atoms. The molecule has 0 fully saturated rings. The molecule has 1 atom stereocenters. The maximum atomic E-state index is 11.7. The van der Waals surface area contributed by atoms with Gasteiger partial charge in [0, 0.05) is 5.69 Å². The van der Waals surface area contributed by atoms with Gasteiger partial charge in [-0.3, -0.25) is 10.1 Å². The molecule has 0 aliphatic rings. The summed E-state index contributed by atoms with van der Waals surface area (Å²) < 4.78 is 5.11. The van der Waals surface area contributed by atoms with E-state index in [9.17, 15) is 9.59 Å². The molecule has 0 radical (unpaired) electrons. The zero-order chi connectivity index (χ0) is 15.2. The Bertz CT molecular complexity index is 624. The van der Waals surface area contributed by atoms with Gasteiger partial charge in [-0.2, -0.15) is 0 Å². The summed E-state index contributed by atoms with van der Waals surface area (Å²) in [6.45, 7) is 1.73. The highest BCUT2D eigenvalue weighted by Gasteiger charge is 2.11. The highest BCUT2D eigenvalue weighted by molar-refractivity contribution is 5.86. The lowest BCUT2D eigenvalue weighted by atomic mass is 10.0. The molecule has 0 aliphatic carbocycles. The fourth-order valence-corrected chi connectivity index (χ4v) is 1.76. The Balaban J connectivity index is 1.97. The number of nitrogens with two attached hydrogens (primary N) is 1. The van der Waals surface area contributed by atoms with E-state index >= 15 is 0 Å². The summed E-state index contributed by atoms with van der Waals surface area (Å²) in [7, 11) is 0. The molecule has 2 aromatic rings. The average molecular weight is 284 g/mol. The van der Waals surface area contributed by atoms with Crippen LogP contribution in [0.3, 0.4) is 0 Å². The molecule has 21 heavy (non-hydrogen) atoms. The molecule has 1 unspecified atom stereocenters. The predicted molar refractivity (Wildman–Crippen MR) is 80.1 cm³/mol. The molecule has 2 rings (SSSR count). The van der Waals surface area contributed by atoms with Crippen LogP contribution in [0, 0.1) is 0 Å². The fourth-order valence-electron chi connectivity index (χ4n) is 1.76. The van der Waals surface area contributed by atoms with E-state index in [0.29, 0.717) is 11.4 Å². The smallest absolute Gasteiger partial charge is 0.410 e. The maximum Gasteiger partial charge on any atom is 0.417 e. The molecule has 0 heterocycles. The first kappa shape index (κ1) is 14.6. The molecule has 0 saturated carbocycles. The number of para-hydroxylation sites is 1. The highest BCUT2D eigenvalue weighted by atomic mass is 16.6. The van der Waals surface area contributed by atoms with Crippen LogP contribution in [0.25, 0.3) is 0 Å². The van der Waals surface area contributed by atoms with Crippen molar-refractivity contribution < 1.29 is 14.3 Å². The first-order chi connectivity index (χ1) is 10.1. The standard InChI is InChI=1S/C16H16N2O3/c1-11(15(17)19)12-7-9-13(10-8-12)18-16(20)21-14-5-3-2-4-6-14/h2-11H,1H3,(H2,17,19)(H,18,20). The van der Waals surface area contributed by atoms with Crippen LogP contribution in [-0.4, -0.2) is 12.0 Å². The van der Waals surface area contributed by atoms with Crippen molar-refractivity contribution in [3.05, 3.63) is 60.2 Å². The van der Waals surface area contributed by atoms with Crippen LogP contribution in [0.2, 0.25) is 0 Å². The van der Waals surface area contributed by atoms with Gasteiger partial charge in [0.15, 0.2) is 0 Å². The normalized spacial score (nSPS) is 11.5. The summed E-state index contributed by atoms with van der Waals surface area (Å²) >= 11 is 0. The van der Waals surface area contributed by atoms with Gasteiger partial charge in [-0.25, -0.2) is 4.79 Å². The Morgan fingerprint density at radius 1 is 1.05 bits per heavy atom. The van der Waals surface area contributed by atoms with E-state index in [2.05, 4.69) is 5.32 Å². The van der Waals surface area contributed by atoms with Crippen LogP contribution < -0.4 is 15.8 Å². The van der Waals surface area contributed by atoms with Gasteiger partial charge in [0.1, 0.15) is 5.75 Å². The maximum absolute atomic E-state index is 11.7. The molecule has 3 N–H and O–H groups in total. The van der Waals surface area contributed by atoms with E-state index in [1.165, 1.54) is 0 Å². The number of nitrogens with one attached hydrogen (secondary N) is 1. The monoisotopic (exact) mass is 284 g/mol. The zero-order valence-corrected chi connectivity index (χ0v) is 11.6. The quantitative estimate of drug-likeness (QED) is 0.905. The van der Waals surface area contributed by atoms with Gasteiger partial charge in [0.2, 0.25) is 5.91 Å². The number of hydrogen-bond acceptors (Lipinski definition) is 3. The Kier molecular flexibility index (Phi) is 4.56. The number of ether oxygens (including phenoxy) is 1. The van der Waals surface area contributed by atoms with Gasteiger partial charge in [-0.05, 0) is 36.8 Å². The van der Waals surface area contributed by atoms with Gasteiger partial charge in [0.25, 0.3) is 0 Å². The summed E-state index contributed by atoms with van der Waals surface area (Å²) in [6.07, 6.45) is -0.572. The number of carbonyl (C=O) groups is 2.